The highest BCUT2D eigenvalue weighted by Crippen LogP contribution is 2.24. The van der Waals surface area contributed by atoms with E-state index in [1.165, 1.54) is 35.0 Å². The van der Waals surface area contributed by atoms with Crippen LogP contribution >= 0.6 is 11.6 Å². The molecule has 0 aliphatic rings. The van der Waals surface area contributed by atoms with E-state index in [1.54, 1.807) is 30.7 Å². The summed E-state index contributed by atoms with van der Waals surface area (Å²) >= 11 is 5.97. The van der Waals surface area contributed by atoms with Gasteiger partial charge in [-0.05, 0) is 35.4 Å². The summed E-state index contributed by atoms with van der Waals surface area (Å²) in [6, 6.07) is 12.7. The predicted octanol–water partition coefficient (Wildman–Crippen LogP) is 4.53. The largest absolute Gasteiger partial charge is 0.483 e. The number of pyridine rings is 2. The van der Waals surface area contributed by atoms with Crippen LogP contribution in [0.3, 0.4) is 0 Å². The molecule has 0 atom stereocenters. The molecule has 0 aliphatic carbocycles. The molecule has 0 radical (unpaired) electrons. The lowest BCUT2D eigenvalue weighted by atomic mass is 10.1. The number of rotatable bonds is 7. The van der Waals surface area contributed by atoms with Crippen LogP contribution in [0.4, 0.5) is 13.2 Å². The zero-order valence-corrected chi connectivity index (χ0v) is 18.8. The molecule has 0 saturated carbocycles. The van der Waals surface area contributed by atoms with E-state index in [1.807, 2.05) is 16.7 Å². The van der Waals surface area contributed by atoms with Gasteiger partial charge in [-0.2, -0.15) is 18.4 Å². The topological polar surface area (TPSA) is 85.7 Å². The minimum absolute atomic E-state index is 0.0197. The van der Waals surface area contributed by atoms with Crippen molar-refractivity contribution in [3.05, 3.63) is 105 Å². The van der Waals surface area contributed by atoms with Crippen molar-refractivity contribution in [2.24, 2.45) is 0 Å². The van der Waals surface area contributed by atoms with E-state index in [2.05, 4.69) is 9.97 Å². The van der Waals surface area contributed by atoms with Crippen LogP contribution in [0.15, 0.2) is 72.0 Å². The Balaban J connectivity index is 1.50. The minimum atomic E-state index is -4.51. The van der Waals surface area contributed by atoms with E-state index in [0.29, 0.717) is 35.2 Å². The van der Waals surface area contributed by atoms with Gasteiger partial charge in [0.1, 0.15) is 23.5 Å². The van der Waals surface area contributed by atoms with Crippen LogP contribution in [0.2, 0.25) is 5.02 Å². The normalized spacial score (nSPS) is 11.3. The highest BCUT2D eigenvalue weighted by molar-refractivity contribution is 6.30. The third-order valence-corrected chi connectivity index (χ3v) is 5.23. The van der Waals surface area contributed by atoms with Crippen molar-refractivity contribution in [1.29, 1.82) is 5.26 Å². The third-order valence-electron chi connectivity index (χ3n) is 5.01. The minimum Gasteiger partial charge on any atom is -0.483 e. The first-order chi connectivity index (χ1) is 16.7. The lowest BCUT2D eigenvalue weighted by molar-refractivity contribution is -0.153. The Morgan fingerprint density at radius 1 is 1.09 bits per heavy atom. The Morgan fingerprint density at radius 2 is 1.89 bits per heavy atom. The van der Waals surface area contributed by atoms with Crippen LogP contribution in [-0.2, 0) is 13.0 Å². The number of ether oxygens (including phenoxy) is 1. The standard InChI is InChI=1S/C24H17ClF3N5O2/c25-19-4-6-23(34)33(14-19)21-5-2-17(12-31-21)13-32-8-7-30-22(32)10-16-1-3-18(11-29)20(9-16)35-15-24(26,27)28/h1-9,12,14H,10,13,15H2. The van der Waals surface area contributed by atoms with Crippen molar-refractivity contribution in [3.8, 4) is 17.6 Å². The molecule has 11 heteroatoms. The molecule has 3 aromatic heterocycles. The Hall–Kier alpha value is -4.10. The van der Waals surface area contributed by atoms with Crippen molar-refractivity contribution in [2.45, 2.75) is 19.1 Å². The monoisotopic (exact) mass is 499 g/mol. The van der Waals surface area contributed by atoms with Crippen molar-refractivity contribution in [1.82, 2.24) is 19.1 Å². The first-order valence-corrected chi connectivity index (χ1v) is 10.7. The molecule has 35 heavy (non-hydrogen) atoms. The van der Waals surface area contributed by atoms with E-state index in [9.17, 15) is 18.0 Å². The van der Waals surface area contributed by atoms with Gasteiger partial charge in [0.15, 0.2) is 6.61 Å². The molecule has 7 nitrogen and oxygen atoms in total. The highest BCUT2D eigenvalue weighted by Gasteiger charge is 2.29. The second kappa shape index (κ2) is 10.0. The van der Waals surface area contributed by atoms with Gasteiger partial charge >= 0.3 is 6.18 Å². The average Bonchev–Trinajstić information content (AvgIpc) is 3.26. The van der Waals surface area contributed by atoms with Crippen LogP contribution in [0.25, 0.3) is 5.82 Å². The summed E-state index contributed by atoms with van der Waals surface area (Å²) in [5.74, 6) is 0.958. The van der Waals surface area contributed by atoms with Gasteiger partial charge < -0.3 is 9.30 Å². The summed E-state index contributed by atoms with van der Waals surface area (Å²) in [5.41, 5.74) is 1.25. The summed E-state index contributed by atoms with van der Waals surface area (Å²) in [4.78, 5) is 20.8. The van der Waals surface area contributed by atoms with Crippen LogP contribution in [0.5, 0.6) is 5.75 Å². The molecular formula is C24H17ClF3N5O2. The number of alkyl halides is 3. The van der Waals surface area contributed by atoms with Crippen LogP contribution in [0, 0.1) is 11.3 Å². The highest BCUT2D eigenvalue weighted by atomic mass is 35.5. The van der Waals surface area contributed by atoms with Crippen molar-refractivity contribution >= 4 is 11.6 Å². The maximum absolute atomic E-state index is 12.6. The third kappa shape index (κ3) is 6.07. The fourth-order valence-corrected chi connectivity index (χ4v) is 3.53. The van der Waals surface area contributed by atoms with E-state index in [-0.39, 0.29) is 16.9 Å². The number of benzene rings is 1. The predicted molar refractivity (Wildman–Crippen MR) is 122 cm³/mol. The molecule has 0 bridgehead atoms. The Kier molecular flexibility index (Phi) is 6.89. The molecule has 4 rings (SSSR count). The molecule has 1 aromatic carbocycles. The molecule has 4 aromatic rings. The fourth-order valence-electron chi connectivity index (χ4n) is 3.37. The first kappa shape index (κ1) is 24.0. The maximum atomic E-state index is 12.6. The second-order valence-corrected chi connectivity index (χ2v) is 8.01. The molecule has 178 valence electrons. The summed E-state index contributed by atoms with van der Waals surface area (Å²) in [5, 5.41) is 9.58. The quantitative estimate of drug-likeness (QED) is 0.373. The molecule has 0 spiro atoms. The molecular weight excluding hydrogens is 483 g/mol. The average molecular weight is 500 g/mol. The van der Waals surface area contributed by atoms with Gasteiger partial charge in [-0.25, -0.2) is 9.97 Å². The summed E-state index contributed by atoms with van der Waals surface area (Å²) < 4.78 is 45.7. The van der Waals surface area contributed by atoms with Gasteiger partial charge in [0.2, 0.25) is 0 Å². The number of nitrogens with zero attached hydrogens (tertiary/aromatic N) is 5. The number of hydrogen-bond donors (Lipinski definition) is 0. The Labute approximate surface area is 202 Å². The number of aromatic nitrogens is 4. The van der Waals surface area contributed by atoms with Gasteiger partial charge in [-0.1, -0.05) is 23.7 Å². The van der Waals surface area contributed by atoms with Crippen LogP contribution < -0.4 is 10.3 Å². The Bertz CT molecular complexity index is 1440. The van der Waals surface area contributed by atoms with E-state index in [4.69, 9.17) is 21.6 Å². The molecule has 3 heterocycles. The molecule has 0 N–H and O–H groups in total. The fraction of sp³-hybridized carbons (Fsp3) is 0.167. The van der Waals surface area contributed by atoms with Gasteiger partial charge in [-0.15, -0.1) is 0 Å². The molecule has 0 amide bonds. The van der Waals surface area contributed by atoms with E-state index < -0.39 is 12.8 Å². The van der Waals surface area contributed by atoms with Gasteiger partial charge in [-0.3, -0.25) is 9.36 Å². The van der Waals surface area contributed by atoms with Crippen molar-refractivity contribution in [2.75, 3.05) is 6.61 Å². The van der Waals surface area contributed by atoms with E-state index in [0.717, 1.165) is 5.56 Å². The van der Waals surface area contributed by atoms with Crippen LogP contribution in [-0.4, -0.2) is 31.9 Å². The molecule has 0 unspecified atom stereocenters. The number of nitriles is 1. The summed E-state index contributed by atoms with van der Waals surface area (Å²) in [7, 11) is 0. The summed E-state index contributed by atoms with van der Waals surface area (Å²) in [6.45, 7) is -1.05. The van der Waals surface area contributed by atoms with Crippen LogP contribution in [0.1, 0.15) is 22.5 Å². The lowest BCUT2D eigenvalue weighted by Crippen LogP contribution is -2.19. The Morgan fingerprint density at radius 3 is 2.60 bits per heavy atom. The second-order valence-electron chi connectivity index (χ2n) is 7.57. The molecule has 0 fully saturated rings. The maximum Gasteiger partial charge on any atom is 0.422 e. The zero-order chi connectivity index (χ0) is 25.0. The van der Waals surface area contributed by atoms with Gasteiger partial charge in [0.05, 0.1) is 17.1 Å². The number of hydrogen-bond acceptors (Lipinski definition) is 5. The number of halogens is 4. The van der Waals surface area contributed by atoms with Crippen molar-refractivity contribution < 1.29 is 17.9 Å². The first-order valence-electron chi connectivity index (χ1n) is 10.3. The smallest absolute Gasteiger partial charge is 0.422 e. The van der Waals surface area contributed by atoms with E-state index >= 15 is 0 Å². The van der Waals surface area contributed by atoms with Gasteiger partial charge in [0.25, 0.3) is 5.56 Å². The lowest BCUT2D eigenvalue weighted by Gasteiger charge is -2.13. The SMILES string of the molecule is N#Cc1ccc(Cc2nccn2Cc2ccc(-n3cc(Cl)ccc3=O)nc2)cc1OCC(F)(F)F. The number of imidazole rings is 1. The summed E-state index contributed by atoms with van der Waals surface area (Å²) in [6.07, 6.45) is 2.32. The zero-order valence-electron chi connectivity index (χ0n) is 18.0. The van der Waals surface area contributed by atoms with Gasteiger partial charge in [0, 0.05) is 37.3 Å². The molecule has 0 saturated heterocycles. The van der Waals surface area contributed by atoms with Crippen molar-refractivity contribution in [3.63, 3.8) is 0 Å². The molecule has 0 aliphatic heterocycles.